The summed E-state index contributed by atoms with van der Waals surface area (Å²) in [4.78, 5) is 0. The third kappa shape index (κ3) is 8.76. The number of unbranched alkanes of at least 4 members (excludes halogenated alkanes) is 4. The molecule has 6 rings (SSSR count). The maximum absolute atomic E-state index is 6.46. The molecule has 4 nitrogen and oxygen atoms in total. The van der Waals surface area contributed by atoms with Gasteiger partial charge in [0.15, 0.2) is 0 Å². The number of ether oxygens (including phenoxy) is 2. The maximum Gasteiger partial charge on any atom is 0.133 e. The first kappa shape index (κ1) is 36.9. The van der Waals surface area contributed by atoms with Gasteiger partial charge in [-0.05, 0) is 142 Å². The standard InChI is InChI=1S/C47H62N2O2/c1-6-7-8-9-10-13-36-18-20-37(21-19-36)38-22-24-47(25-23-38,39-26-32(2)45(33(3)27-39)50-43-16-11-14-41(48)30-43)40-28-34(4)46(35(5)29-40)51-44-17-12-15-42(49)31-44/h11-12,14-17,26-31,36-38H,6-10,13,18-25,48-49H2,1-5H3. The highest BCUT2D eigenvalue weighted by Crippen LogP contribution is 2.52. The van der Waals surface area contributed by atoms with Gasteiger partial charge in [-0.15, -0.1) is 0 Å². The summed E-state index contributed by atoms with van der Waals surface area (Å²) in [5.74, 6) is 6.07. The van der Waals surface area contributed by atoms with E-state index in [9.17, 15) is 0 Å². The van der Waals surface area contributed by atoms with Gasteiger partial charge in [0.2, 0.25) is 0 Å². The Labute approximate surface area is 308 Å². The summed E-state index contributed by atoms with van der Waals surface area (Å²) in [6.45, 7) is 11.1. The van der Waals surface area contributed by atoms with E-state index in [2.05, 4.69) is 58.9 Å². The Hall–Kier alpha value is -3.92. The van der Waals surface area contributed by atoms with Crippen molar-refractivity contribution in [3.05, 3.63) is 106 Å². The van der Waals surface area contributed by atoms with Crippen molar-refractivity contribution in [3.63, 3.8) is 0 Å². The van der Waals surface area contributed by atoms with Gasteiger partial charge in [0, 0.05) is 28.9 Å². The third-order valence-corrected chi connectivity index (χ3v) is 12.3. The van der Waals surface area contributed by atoms with Crippen LogP contribution in [0.15, 0.2) is 72.8 Å². The molecule has 272 valence electrons. The van der Waals surface area contributed by atoms with Gasteiger partial charge in [-0.3, -0.25) is 0 Å². The zero-order chi connectivity index (χ0) is 36.0. The van der Waals surface area contributed by atoms with Gasteiger partial charge in [0.1, 0.15) is 23.0 Å². The minimum Gasteiger partial charge on any atom is -0.457 e. The number of hydrogen-bond acceptors (Lipinski definition) is 4. The monoisotopic (exact) mass is 686 g/mol. The van der Waals surface area contributed by atoms with Gasteiger partial charge < -0.3 is 20.9 Å². The fraction of sp³-hybridized carbons (Fsp3) is 0.489. The van der Waals surface area contributed by atoms with E-state index in [-0.39, 0.29) is 5.41 Å². The molecule has 4 heteroatoms. The first-order valence-electron chi connectivity index (χ1n) is 20.0. The normalized spacial score (nSPS) is 19.2. The van der Waals surface area contributed by atoms with Gasteiger partial charge in [-0.25, -0.2) is 0 Å². The summed E-state index contributed by atoms with van der Waals surface area (Å²) in [6, 6.07) is 25.1. The van der Waals surface area contributed by atoms with Crippen LogP contribution in [0.3, 0.4) is 0 Å². The second-order valence-corrected chi connectivity index (χ2v) is 16.1. The van der Waals surface area contributed by atoms with E-state index >= 15 is 0 Å². The predicted octanol–water partition coefficient (Wildman–Crippen LogP) is 13.3. The molecule has 2 aliphatic rings. The molecule has 0 saturated heterocycles. The molecule has 0 unspecified atom stereocenters. The Morgan fingerprint density at radius 2 is 1.02 bits per heavy atom. The Bertz CT molecular complexity index is 1610. The minimum atomic E-state index is -0.0668. The number of nitrogen functional groups attached to an aromatic ring is 2. The SMILES string of the molecule is CCCCCCCC1CCC(C2CCC(c3cc(C)c(Oc4cccc(N)c4)c(C)c3)(c3cc(C)c(Oc4cccc(N)c4)c(C)c3)CC2)CC1. The molecular weight excluding hydrogens is 625 g/mol. The predicted molar refractivity (Wildman–Crippen MR) is 215 cm³/mol. The summed E-state index contributed by atoms with van der Waals surface area (Å²) in [5.41, 5.74) is 21.0. The van der Waals surface area contributed by atoms with Crippen LogP contribution >= 0.6 is 0 Å². The molecule has 0 heterocycles. The van der Waals surface area contributed by atoms with E-state index in [1.807, 2.05) is 48.5 Å². The van der Waals surface area contributed by atoms with Crippen LogP contribution in [-0.4, -0.2) is 0 Å². The number of benzene rings is 4. The average Bonchev–Trinajstić information content (AvgIpc) is 3.11. The molecule has 0 atom stereocenters. The van der Waals surface area contributed by atoms with Crippen LogP contribution in [0.5, 0.6) is 23.0 Å². The largest absolute Gasteiger partial charge is 0.457 e. The lowest BCUT2D eigenvalue weighted by atomic mass is 9.59. The smallest absolute Gasteiger partial charge is 0.133 e. The molecule has 4 N–H and O–H groups in total. The summed E-state index contributed by atoms with van der Waals surface area (Å²) < 4.78 is 12.9. The Balaban J connectivity index is 1.25. The molecule has 0 aliphatic heterocycles. The zero-order valence-corrected chi connectivity index (χ0v) is 32.0. The number of anilines is 2. The number of nitrogens with two attached hydrogens (primary N) is 2. The molecule has 51 heavy (non-hydrogen) atoms. The van der Waals surface area contributed by atoms with Gasteiger partial charge in [-0.2, -0.15) is 0 Å². The quantitative estimate of drug-likeness (QED) is 0.108. The number of rotatable bonds is 13. The second kappa shape index (κ2) is 16.6. The van der Waals surface area contributed by atoms with Crippen LogP contribution in [0.1, 0.15) is 130 Å². The highest BCUT2D eigenvalue weighted by molar-refractivity contribution is 5.55. The molecule has 0 amide bonds. The van der Waals surface area contributed by atoms with Crippen LogP contribution in [-0.2, 0) is 5.41 Å². The molecule has 4 aromatic rings. The lowest BCUT2D eigenvalue weighted by Gasteiger charge is -2.45. The van der Waals surface area contributed by atoms with Crippen molar-refractivity contribution in [2.75, 3.05) is 11.5 Å². The van der Waals surface area contributed by atoms with E-state index in [0.717, 1.165) is 75.8 Å². The van der Waals surface area contributed by atoms with Crippen molar-refractivity contribution in [1.29, 1.82) is 0 Å². The highest BCUT2D eigenvalue weighted by atomic mass is 16.5. The van der Waals surface area contributed by atoms with Crippen LogP contribution in [0.4, 0.5) is 11.4 Å². The van der Waals surface area contributed by atoms with Crippen molar-refractivity contribution in [2.24, 2.45) is 17.8 Å². The Kier molecular flexibility index (Phi) is 12.0. The fourth-order valence-electron chi connectivity index (χ4n) is 9.50. The molecule has 0 radical (unpaired) electrons. The van der Waals surface area contributed by atoms with E-state index in [0.29, 0.717) is 11.4 Å². The van der Waals surface area contributed by atoms with Gasteiger partial charge in [0.25, 0.3) is 0 Å². The Morgan fingerprint density at radius 1 is 0.569 bits per heavy atom. The minimum absolute atomic E-state index is 0.0668. The second-order valence-electron chi connectivity index (χ2n) is 16.1. The summed E-state index contributed by atoms with van der Waals surface area (Å²) in [7, 11) is 0. The summed E-state index contributed by atoms with van der Waals surface area (Å²) in [5, 5.41) is 0. The molecule has 0 spiro atoms. The maximum atomic E-state index is 6.46. The molecule has 2 saturated carbocycles. The molecule has 0 bridgehead atoms. The van der Waals surface area contributed by atoms with Crippen molar-refractivity contribution < 1.29 is 9.47 Å². The first-order valence-corrected chi connectivity index (χ1v) is 20.0. The molecule has 4 aromatic carbocycles. The number of hydrogen-bond donors (Lipinski definition) is 2. The molecular formula is C47H62N2O2. The van der Waals surface area contributed by atoms with E-state index in [1.165, 1.54) is 88.2 Å². The van der Waals surface area contributed by atoms with Gasteiger partial charge in [-0.1, -0.05) is 94.7 Å². The molecule has 2 aliphatic carbocycles. The van der Waals surface area contributed by atoms with Crippen molar-refractivity contribution >= 4 is 11.4 Å². The van der Waals surface area contributed by atoms with Crippen LogP contribution in [0.2, 0.25) is 0 Å². The first-order chi connectivity index (χ1) is 24.6. The van der Waals surface area contributed by atoms with Crippen molar-refractivity contribution in [3.8, 4) is 23.0 Å². The number of aryl methyl sites for hydroxylation is 4. The highest BCUT2D eigenvalue weighted by Gasteiger charge is 2.42. The van der Waals surface area contributed by atoms with E-state index < -0.39 is 0 Å². The third-order valence-electron chi connectivity index (χ3n) is 12.3. The summed E-state index contributed by atoms with van der Waals surface area (Å²) in [6.07, 6.45) is 19.1. The zero-order valence-electron chi connectivity index (χ0n) is 32.0. The van der Waals surface area contributed by atoms with E-state index in [4.69, 9.17) is 20.9 Å². The van der Waals surface area contributed by atoms with Crippen molar-refractivity contribution in [1.82, 2.24) is 0 Å². The lowest BCUT2D eigenvalue weighted by Crippen LogP contribution is -2.36. The fourth-order valence-corrected chi connectivity index (χ4v) is 9.50. The average molecular weight is 687 g/mol. The van der Waals surface area contributed by atoms with Crippen molar-refractivity contribution in [2.45, 2.75) is 130 Å². The summed E-state index contributed by atoms with van der Waals surface area (Å²) >= 11 is 0. The van der Waals surface area contributed by atoms with Gasteiger partial charge in [0.05, 0.1) is 0 Å². The topological polar surface area (TPSA) is 70.5 Å². The Morgan fingerprint density at radius 3 is 1.47 bits per heavy atom. The van der Waals surface area contributed by atoms with Crippen LogP contribution < -0.4 is 20.9 Å². The van der Waals surface area contributed by atoms with Gasteiger partial charge >= 0.3 is 0 Å². The molecule has 2 fully saturated rings. The van der Waals surface area contributed by atoms with E-state index in [1.54, 1.807) is 0 Å². The van der Waals surface area contributed by atoms with Crippen LogP contribution in [0, 0.1) is 45.4 Å². The lowest BCUT2D eigenvalue weighted by molar-refractivity contribution is 0.140. The van der Waals surface area contributed by atoms with Crippen LogP contribution in [0.25, 0.3) is 0 Å². The molecule has 0 aromatic heterocycles.